The van der Waals surface area contributed by atoms with Crippen molar-refractivity contribution in [1.82, 2.24) is 4.98 Å². The second kappa shape index (κ2) is 5.77. The maximum absolute atomic E-state index is 8.63. The van der Waals surface area contributed by atoms with Gasteiger partial charge >= 0.3 is 7.32 Å². The van der Waals surface area contributed by atoms with Gasteiger partial charge in [-0.3, -0.25) is 0 Å². The van der Waals surface area contributed by atoms with Crippen molar-refractivity contribution in [2.24, 2.45) is 0 Å². The molecule has 1 rings (SSSR count). The molecule has 8 heteroatoms. The van der Waals surface area contributed by atoms with Gasteiger partial charge < -0.3 is 24.2 Å². The van der Waals surface area contributed by atoms with Gasteiger partial charge in [-0.1, -0.05) is 11.6 Å². The summed E-state index contributed by atoms with van der Waals surface area (Å²) in [6.45, 7) is -0.0127. The topological polar surface area (TPSA) is 81.0 Å². The third-order valence-corrected chi connectivity index (χ3v) is 1.57. The van der Waals surface area contributed by atoms with Gasteiger partial charge in [-0.05, 0) is 0 Å². The molecule has 1 aromatic rings. The highest BCUT2D eigenvalue weighted by Gasteiger charge is 2.16. The molecule has 82 valence electrons. The minimum Gasteiger partial charge on any atom is -0.509 e. The third-order valence-electron chi connectivity index (χ3n) is 1.36. The molecule has 0 saturated carbocycles. The average Bonchev–Trinajstić information content (AvgIpc) is 2.16. The normalized spacial score (nSPS) is 9.87. The number of methoxy groups -OCH3 is 1. The highest BCUT2D eigenvalue weighted by molar-refractivity contribution is 6.34. The fourth-order valence-corrected chi connectivity index (χ4v) is 0.985. The van der Waals surface area contributed by atoms with E-state index < -0.39 is 7.32 Å². The Hall–Kier alpha value is -1.02. The van der Waals surface area contributed by atoms with Gasteiger partial charge in [-0.25, -0.2) is 4.98 Å². The first-order chi connectivity index (χ1) is 7.13. The van der Waals surface area contributed by atoms with E-state index in [9.17, 15) is 0 Å². The minimum atomic E-state index is -1.95. The van der Waals surface area contributed by atoms with Crippen LogP contribution in [0, 0.1) is 0 Å². The standard InChI is InChI=1S/C7H9BClNO5/c1-13-4-14-6-3-10-7(9)2-5(6)15-8(11)12/h2-3,11-12H,4H2,1H3. The summed E-state index contributed by atoms with van der Waals surface area (Å²) < 4.78 is 14.4. The summed E-state index contributed by atoms with van der Waals surface area (Å²) in [5, 5.41) is 17.4. The number of ether oxygens (including phenoxy) is 2. The van der Waals surface area contributed by atoms with E-state index >= 15 is 0 Å². The van der Waals surface area contributed by atoms with Crippen LogP contribution in [0.1, 0.15) is 0 Å². The van der Waals surface area contributed by atoms with Crippen molar-refractivity contribution in [2.45, 2.75) is 0 Å². The summed E-state index contributed by atoms with van der Waals surface area (Å²) in [4.78, 5) is 3.74. The Labute approximate surface area is 91.5 Å². The van der Waals surface area contributed by atoms with Gasteiger partial charge in [0, 0.05) is 13.2 Å². The maximum Gasteiger partial charge on any atom is 0.707 e. The van der Waals surface area contributed by atoms with Crippen molar-refractivity contribution in [3.05, 3.63) is 17.4 Å². The number of rotatable bonds is 5. The lowest BCUT2D eigenvalue weighted by atomic mass is 10.2. The van der Waals surface area contributed by atoms with Crippen molar-refractivity contribution in [3.8, 4) is 11.5 Å². The van der Waals surface area contributed by atoms with E-state index in [1.54, 1.807) is 0 Å². The molecule has 0 unspecified atom stereocenters. The number of nitrogens with zero attached hydrogens (tertiary/aromatic N) is 1. The monoisotopic (exact) mass is 233 g/mol. The maximum atomic E-state index is 8.63. The van der Waals surface area contributed by atoms with Crippen LogP contribution in [0.4, 0.5) is 0 Å². The van der Waals surface area contributed by atoms with Crippen LogP contribution >= 0.6 is 11.6 Å². The quantitative estimate of drug-likeness (QED) is 0.425. The average molecular weight is 233 g/mol. The van der Waals surface area contributed by atoms with Crippen molar-refractivity contribution in [3.63, 3.8) is 0 Å². The SMILES string of the molecule is COCOc1cnc(Cl)cc1OB(O)O. The van der Waals surface area contributed by atoms with E-state index in [0.717, 1.165) is 0 Å². The van der Waals surface area contributed by atoms with Crippen LogP contribution in [-0.2, 0) is 4.74 Å². The zero-order valence-electron chi connectivity index (χ0n) is 7.88. The van der Waals surface area contributed by atoms with E-state index in [4.69, 9.17) is 26.4 Å². The van der Waals surface area contributed by atoms with Crippen LogP contribution < -0.4 is 9.39 Å². The first-order valence-electron chi connectivity index (χ1n) is 3.93. The highest BCUT2D eigenvalue weighted by atomic mass is 35.5. The molecule has 0 bridgehead atoms. The van der Waals surface area contributed by atoms with Crippen molar-refractivity contribution in [1.29, 1.82) is 0 Å². The summed E-state index contributed by atoms with van der Waals surface area (Å²) in [7, 11) is -0.501. The van der Waals surface area contributed by atoms with E-state index in [1.807, 2.05) is 0 Å². The van der Waals surface area contributed by atoms with Crippen LogP contribution in [0.3, 0.4) is 0 Å². The molecule has 0 aliphatic carbocycles. The molecule has 0 aliphatic rings. The molecule has 15 heavy (non-hydrogen) atoms. The lowest BCUT2D eigenvalue weighted by Gasteiger charge is -2.11. The molecule has 0 fully saturated rings. The fourth-order valence-electron chi connectivity index (χ4n) is 0.837. The summed E-state index contributed by atoms with van der Waals surface area (Å²) in [6, 6.07) is 1.30. The van der Waals surface area contributed by atoms with Crippen molar-refractivity contribution < 1.29 is 24.2 Å². The predicted octanol–water partition coefficient (Wildman–Crippen LogP) is 0.0660. The molecule has 2 N–H and O–H groups in total. The van der Waals surface area contributed by atoms with Crippen LogP contribution in [0.25, 0.3) is 0 Å². The van der Waals surface area contributed by atoms with Gasteiger partial charge in [0.05, 0.1) is 6.20 Å². The lowest BCUT2D eigenvalue weighted by molar-refractivity contribution is 0.0491. The summed E-state index contributed by atoms with van der Waals surface area (Å²) >= 11 is 5.59. The zero-order chi connectivity index (χ0) is 11.3. The Kier molecular flexibility index (Phi) is 4.63. The Balaban J connectivity index is 2.82. The first-order valence-corrected chi connectivity index (χ1v) is 4.31. The van der Waals surface area contributed by atoms with Crippen LogP contribution in [0.2, 0.25) is 5.15 Å². The molecule has 0 radical (unpaired) electrons. The van der Waals surface area contributed by atoms with Gasteiger partial charge in [0.15, 0.2) is 18.3 Å². The minimum absolute atomic E-state index is 0.0127. The zero-order valence-corrected chi connectivity index (χ0v) is 8.64. The number of halogens is 1. The largest absolute Gasteiger partial charge is 0.707 e. The summed E-state index contributed by atoms with van der Waals surface area (Å²) in [5.74, 6) is 0.274. The fraction of sp³-hybridized carbons (Fsp3) is 0.286. The van der Waals surface area contributed by atoms with Gasteiger partial charge in [-0.2, -0.15) is 0 Å². The second-order valence-electron chi connectivity index (χ2n) is 2.45. The number of aromatic nitrogens is 1. The first kappa shape index (κ1) is 12.1. The number of hydrogen-bond donors (Lipinski definition) is 2. The van der Waals surface area contributed by atoms with E-state index in [1.165, 1.54) is 19.4 Å². The number of pyridine rings is 1. The number of hydrogen-bond acceptors (Lipinski definition) is 6. The van der Waals surface area contributed by atoms with Crippen LogP contribution in [0.15, 0.2) is 12.3 Å². The molecule has 6 nitrogen and oxygen atoms in total. The smallest absolute Gasteiger partial charge is 0.509 e. The Morgan fingerprint density at radius 1 is 1.47 bits per heavy atom. The van der Waals surface area contributed by atoms with Gasteiger partial charge in [-0.15, -0.1) is 0 Å². The third kappa shape index (κ3) is 3.92. The molecular formula is C7H9BClNO5. The Morgan fingerprint density at radius 2 is 2.20 bits per heavy atom. The van der Waals surface area contributed by atoms with E-state index in [2.05, 4.69) is 14.4 Å². The molecule has 0 aliphatic heterocycles. The molecule has 1 heterocycles. The van der Waals surface area contributed by atoms with Gasteiger partial charge in [0.2, 0.25) is 0 Å². The molecule has 0 aromatic carbocycles. The van der Waals surface area contributed by atoms with E-state index in [0.29, 0.717) is 0 Å². The molecule has 1 aromatic heterocycles. The molecule has 0 spiro atoms. The van der Waals surface area contributed by atoms with Crippen molar-refractivity contribution >= 4 is 18.9 Å². The molecule has 0 amide bonds. The predicted molar refractivity (Wildman–Crippen MR) is 52.6 cm³/mol. The molecular weight excluding hydrogens is 224 g/mol. The van der Waals surface area contributed by atoms with Gasteiger partial charge in [0.25, 0.3) is 0 Å². The van der Waals surface area contributed by atoms with Crippen molar-refractivity contribution in [2.75, 3.05) is 13.9 Å². The summed E-state index contributed by atoms with van der Waals surface area (Å²) in [5.41, 5.74) is 0. The van der Waals surface area contributed by atoms with E-state index in [-0.39, 0.29) is 23.4 Å². The van der Waals surface area contributed by atoms with Crippen LogP contribution in [-0.4, -0.2) is 36.3 Å². The lowest BCUT2D eigenvalue weighted by Crippen LogP contribution is -2.21. The Bertz CT molecular complexity index is 324. The molecule has 0 saturated heterocycles. The Morgan fingerprint density at radius 3 is 2.80 bits per heavy atom. The highest BCUT2D eigenvalue weighted by Crippen LogP contribution is 2.28. The molecule has 0 atom stereocenters. The van der Waals surface area contributed by atoms with Crippen LogP contribution in [0.5, 0.6) is 11.5 Å². The summed E-state index contributed by atoms with van der Waals surface area (Å²) in [6.07, 6.45) is 1.29. The van der Waals surface area contributed by atoms with Gasteiger partial charge in [0.1, 0.15) is 5.15 Å². The second-order valence-corrected chi connectivity index (χ2v) is 2.84.